The van der Waals surface area contributed by atoms with Gasteiger partial charge < -0.3 is 4.42 Å². The van der Waals surface area contributed by atoms with Gasteiger partial charge in [0.05, 0.1) is 15.8 Å². The maximum absolute atomic E-state index is 12.2. The molecule has 0 bridgehead atoms. The highest BCUT2D eigenvalue weighted by molar-refractivity contribution is 9.10. The van der Waals surface area contributed by atoms with E-state index in [0.29, 0.717) is 31.6 Å². The van der Waals surface area contributed by atoms with Crippen LogP contribution in [-0.4, -0.2) is 4.98 Å². The molecule has 17 heavy (non-hydrogen) atoms. The molecule has 0 aliphatic rings. The van der Waals surface area contributed by atoms with Gasteiger partial charge in [0.25, 0.3) is 0 Å². The van der Waals surface area contributed by atoms with Crippen molar-refractivity contribution >= 4 is 49.5 Å². The van der Waals surface area contributed by atoms with E-state index in [1.165, 1.54) is 6.20 Å². The van der Waals surface area contributed by atoms with Crippen LogP contribution in [0.5, 0.6) is 0 Å². The van der Waals surface area contributed by atoms with Crippen molar-refractivity contribution in [1.29, 1.82) is 0 Å². The number of pyridine rings is 1. The molecule has 2 aromatic heterocycles. The van der Waals surface area contributed by atoms with Crippen molar-refractivity contribution in [2.24, 2.45) is 0 Å². The van der Waals surface area contributed by atoms with Gasteiger partial charge in [0.15, 0.2) is 5.58 Å². The molecule has 5 heteroatoms. The van der Waals surface area contributed by atoms with Crippen molar-refractivity contribution in [3.05, 3.63) is 50.3 Å². The fourth-order valence-corrected chi connectivity index (χ4v) is 2.24. The van der Waals surface area contributed by atoms with Gasteiger partial charge in [0.2, 0.25) is 5.43 Å². The summed E-state index contributed by atoms with van der Waals surface area (Å²) >= 11 is 9.24. The van der Waals surface area contributed by atoms with Gasteiger partial charge in [-0.2, -0.15) is 0 Å². The van der Waals surface area contributed by atoms with Gasteiger partial charge in [-0.1, -0.05) is 17.7 Å². The summed E-state index contributed by atoms with van der Waals surface area (Å²) in [6, 6.07) is 6.75. The zero-order valence-corrected chi connectivity index (χ0v) is 10.7. The Labute approximate surface area is 109 Å². The van der Waals surface area contributed by atoms with E-state index < -0.39 is 0 Å². The first-order valence-corrected chi connectivity index (χ1v) is 6.00. The van der Waals surface area contributed by atoms with Crippen molar-refractivity contribution < 1.29 is 4.42 Å². The number of rotatable bonds is 0. The summed E-state index contributed by atoms with van der Waals surface area (Å²) in [5.74, 6) is 0. The Hall–Kier alpha value is -1.39. The lowest BCUT2D eigenvalue weighted by molar-refractivity contribution is 0.659. The number of fused-ring (bicyclic) bond motifs is 2. The minimum absolute atomic E-state index is 0.122. The van der Waals surface area contributed by atoms with Gasteiger partial charge in [-0.05, 0) is 28.1 Å². The number of nitrogens with zero attached hydrogens (tertiary/aromatic N) is 1. The molecule has 3 rings (SSSR count). The molecule has 0 atom stereocenters. The standard InChI is InChI=1S/C12H5BrClNO2/c13-10-4-9-7(5-15-10)11(16)6-2-1-3-8(14)12(6)17-9/h1-5H. The Morgan fingerprint density at radius 3 is 2.94 bits per heavy atom. The summed E-state index contributed by atoms with van der Waals surface area (Å²) in [7, 11) is 0. The molecule has 0 saturated carbocycles. The molecule has 0 aliphatic carbocycles. The lowest BCUT2D eigenvalue weighted by Gasteiger charge is -2.02. The van der Waals surface area contributed by atoms with Crippen molar-refractivity contribution in [1.82, 2.24) is 4.98 Å². The van der Waals surface area contributed by atoms with Crippen LogP contribution in [0, 0.1) is 0 Å². The normalized spacial score (nSPS) is 11.2. The summed E-state index contributed by atoms with van der Waals surface area (Å²) in [5, 5.41) is 1.34. The predicted molar refractivity (Wildman–Crippen MR) is 70.5 cm³/mol. The predicted octanol–water partition coefficient (Wildman–Crippen LogP) is 3.76. The number of para-hydroxylation sites is 1. The highest BCUT2D eigenvalue weighted by atomic mass is 79.9. The van der Waals surface area contributed by atoms with E-state index in [1.807, 2.05) is 0 Å². The van der Waals surface area contributed by atoms with Gasteiger partial charge in [-0.3, -0.25) is 4.79 Å². The second-order valence-corrected chi connectivity index (χ2v) is 4.77. The highest BCUT2D eigenvalue weighted by Gasteiger charge is 2.10. The molecular formula is C12H5BrClNO2. The van der Waals surface area contributed by atoms with Crippen LogP contribution in [0.1, 0.15) is 0 Å². The minimum atomic E-state index is -0.122. The number of aromatic nitrogens is 1. The number of benzene rings is 1. The zero-order chi connectivity index (χ0) is 12.0. The molecule has 0 unspecified atom stereocenters. The Morgan fingerprint density at radius 1 is 1.29 bits per heavy atom. The largest absolute Gasteiger partial charge is 0.454 e. The third-order valence-corrected chi connectivity index (χ3v) is 3.23. The van der Waals surface area contributed by atoms with E-state index in [2.05, 4.69) is 20.9 Å². The van der Waals surface area contributed by atoms with Gasteiger partial charge >= 0.3 is 0 Å². The zero-order valence-electron chi connectivity index (χ0n) is 8.41. The van der Waals surface area contributed by atoms with Crippen molar-refractivity contribution in [3.8, 4) is 0 Å². The van der Waals surface area contributed by atoms with Gasteiger partial charge in [-0.15, -0.1) is 0 Å². The Bertz CT molecular complexity index is 797. The maximum atomic E-state index is 12.2. The Kier molecular flexibility index (Phi) is 2.42. The molecule has 0 radical (unpaired) electrons. The van der Waals surface area contributed by atoms with Crippen LogP contribution in [0.2, 0.25) is 5.02 Å². The summed E-state index contributed by atoms with van der Waals surface area (Å²) < 4.78 is 6.25. The SMILES string of the molecule is O=c1c2cnc(Br)cc2oc2c(Cl)cccc12. The fourth-order valence-electron chi connectivity index (χ4n) is 1.71. The summed E-state index contributed by atoms with van der Waals surface area (Å²) in [6.07, 6.45) is 1.49. The van der Waals surface area contributed by atoms with Gasteiger partial charge in [-0.25, -0.2) is 4.98 Å². The molecule has 0 fully saturated rings. The molecule has 0 spiro atoms. The molecule has 3 aromatic rings. The van der Waals surface area contributed by atoms with Crippen LogP contribution >= 0.6 is 27.5 Å². The van der Waals surface area contributed by atoms with E-state index >= 15 is 0 Å². The molecule has 2 heterocycles. The van der Waals surface area contributed by atoms with E-state index in [1.54, 1.807) is 24.3 Å². The lowest BCUT2D eigenvalue weighted by Crippen LogP contribution is -2.02. The lowest BCUT2D eigenvalue weighted by atomic mass is 10.2. The molecule has 84 valence electrons. The van der Waals surface area contributed by atoms with Crippen molar-refractivity contribution in [3.63, 3.8) is 0 Å². The smallest absolute Gasteiger partial charge is 0.202 e. The molecule has 0 aliphatic heterocycles. The number of hydrogen-bond donors (Lipinski definition) is 0. The van der Waals surface area contributed by atoms with Crippen molar-refractivity contribution in [2.45, 2.75) is 0 Å². The second-order valence-electron chi connectivity index (χ2n) is 3.55. The average Bonchev–Trinajstić information content (AvgIpc) is 2.30. The first kappa shape index (κ1) is 10.7. The molecule has 0 amide bonds. The third-order valence-electron chi connectivity index (χ3n) is 2.50. The number of halogens is 2. The molecule has 0 saturated heterocycles. The average molecular weight is 311 g/mol. The van der Waals surface area contributed by atoms with Crippen LogP contribution in [-0.2, 0) is 0 Å². The topological polar surface area (TPSA) is 43.1 Å². The summed E-state index contributed by atoms with van der Waals surface area (Å²) in [5.41, 5.74) is 0.756. The molecular weight excluding hydrogens is 305 g/mol. The van der Waals surface area contributed by atoms with Crippen LogP contribution in [0.15, 0.2) is 44.3 Å². The van der Waals surface area contributed by atoms with Gasteiger partial charge in [0.1, 0.15) is 10.2 Å². The quantitative estimate of drug-likeness (QED) is 0.469. The van der Waals surface area contributed by atoms with E-state index in [0.717, 1.165) is 0 Å². The first-order valence-electron chi connectivity index (χ1n) is 4.83. The first-order chi connectivity index (χ1) is 8.16. The van der Waals surface area contributed by atoms with Crippen LogP contribution < -0.4 is 5.43 Å². The van der Waals surface area contributed by atoms with Gasteiger partial charge in [0, 0.05) is 12.3 Å². The maximum Gasteiger partial charge on any atom is 0.202 e. The molecule has 3 nitrogen and oxygen atoms in total. The number of hydrogen-bond acceptors (Lipinski definition) is 3. The molecule has 0 N–H and O–H groups in total. The molecule has 1 aromatic carbocycles. The second kappa shape index (κ2) is 3.82. The van der Waals surface area contributed by atoms with Crippen LogP contribution in [0.25, 0.3) is 21.9 Å². The third kappa shape index (κ3) is 1.64. The Morgan fingerprint density at radius 2 is 2.12 bits per heavy atom. The monoisotopic (exact) mass is 309 g/mol. The van der Waals surface area contributed by atoms with E-state index in [4.69, 9.17) is 16.0 Å². The van der Waals surface area contributed by atoms with E-state index in [9.17, 15) is 4.79 Å². The minimum Gasteiger partial charge on any atom is -0.454 e. The van der Waals surface area contributed by atoms with Crippen LogP contribution in [0.4, 0.5) is 0 Å². The van der Waals surface area contributed by atoms with Crippen molar-refractivity contribution in [2.75, 3.05) is 0 Å². The Balaban J connectivity index is 2.62. The summed E-state index contributed by atoms with van der Waals surface area (Å²) in [4.78, 5) is 16.2. The highest BCUT2D eigenvalue weighted by Crippen LogP contribution is 2.25. The van der Waals surface area contributed by atoms with E-state index in [-0.39, 0.29) is 5.43 Å². The summed E-state index contributed by atoms with van der Waals surface area (Å²) in [6.45, 7) is 0. The fraction of sp³-hybridized carbons (Fsp3) is 0. The van der Waals surface area contributed by atoms with Crippen LogP contribution in [0.3, 0.4) is 0 Å².